The Hall–Kier alpha value is -1.42. The first-order chi connectivity index (χ1) is 13.5. The number of carbonyl (C=O) groups excluding carboxylic acids is 2. The molecule has 9 nitrogen and oxygen atoms in total. The van der Waals surface area contributed by atoms with Crippen LogP contribution >= 0.6 is 0 Å². The van der Waals surface area contributed by atoms with Crippen molar-refractivity contribution in [1.29, 1.82) is 0 Å². The van der Waals surface area contributed by atoms with Gasteiger partial charge >= 0.3 is 6.03 Å². The molecule has 2 bridgehead atoms. The van der Waals surface area contributed by atoms with Crippen LogP contribution in [0.15, 0.2) is 0 Å². The van der Waals surface area contributed by atoms with E-state index >= 15 is 0 Å². The van der Waals surface area contributed by atoms with Gasteiger partial charge in [-0.2, -0.15) is 0 Å². The van der Waals surface area contributed by atoms with Crippen LogP contribution in [0.1, 0.15) is 39.0 Å². The third kappa shape index (κ3) is 4.12. The van der Waals surface area contributed by atoms with Gasteiger partial charge in [0.1, 0.15) is 6.10 Å². The minimum absolute atomic E-state index is 0.0659. The molecule has 9 heteroatoms. The van der Waals surface area contributed by atoms with Crippen molar-refractivity contribution in [2.45, 2.75) is 75.7 Å². The van der Waals surface area contributed by atoms with E-state index in [1.54, 1.807) is 11.8 Å². The van der Waals surface area contributed by atoms with Crippen LogP contribution in [0.5, 0.6) is 0 Å². The van der Waals surface area contributed by atoms with Crippen LogP contribution in [0.25, 0.3) is 0 Å². The third-order valence-electron chi connectivity index (χ3n) is 6.55. The number of aliphatic hydroxyl groups excluding tert-OH is 1. The number of hydrogen-bond acceptors (Lipinski definition) is 6. The summed E-state index contributed by atoms with van der Waals surface area (Å²) in [6, 6.07) is -0.908. The lowest BCUT2D eigenvalue weighted by atomic mass is 9.94. The van der Waals surface area contributed by atoms with Gasteiger partial charge in [0.2, 0.25) is 5.91 Å². The average Bonchev–Trinajstić information content (AvgIpc) is 3.12. The van der Waals surface area contributed by atoms with Crippen molar-refractivity contribution in [1.82, 2.24) is 20.4 Å². The number of ether oxygens (including phenoxy) is 2. The number of hydrogen-bond donors (Lipinski definition) is 3. The Morgan fingerprint density at radius 3 is 2.43 bits per heavy atom. The molecule has 28 heavy (non-hydrogen) atoms. The molecule has 3 N–H and O–H groups in total. The van der Waals surface area contributed by atoms with Gasteiger partial charge in [0, 0.05) is 39.1 Å². The van der Waals surface area contributed by atoms with Gasteiger partial charge in [0.05, 0.1) is 24.8 Å². The van der Waals surface area contributed by atoms with E-state index in [4.69, 9.17) is 9.47 Å². The summed E-state index contributed by atoms with van der Waals surface area (Å²) in [5, 5.41) is 17.1. The molecule has 0 radical (unpaired) electrons. The van der Waals surface area contributed by atoms with E-state index in [0.717, 1.165) is 25.7 Å². The number of fused-ring (bicyclic) bond motifs is 2. The maximum atomic E-state index is 12.5. The summed E-state index contributed by atoms with van der Waals surface area (Å²) >= 11 is 0. The summed E-state index contributed by atoms with van der Waals surface area (Å²) in [6.45, 7) is 4.47. The maximum Gasteiger partial charge on any atom is 0.315 e. The van der Waals surface area contributed by atoms with Crippen molar-refractivity contribution >= 4 is 11.9 Å². The summed E-state index contributed by atoms with van der Waals surface area (Å²) in [4.78, 5) is 28.0. The minimum Gasteiger partial charge on any atom is -0.389 e. The summed E-state index contributed by atoms with van der Waals surface area (Å²) in [7, 11) is 0. The molecule has 4 rings (SSSR count). The molecule has 0 aromatic heterocycles. The molecule has 0 aromatic rings. The molecule has 3 amide bonds. The molecule has 0 aromatic carbocycles. The molecular weight excluding hydrogens is 364 g/mol. The van der Waals surface area contributed by atoms with E-state index < -0.39 is 18.4 Å². The summed E-state index contributed by atoms with van der Waals surface area (Å²) in [6.07, 6.45) is 3.92. The Labute approximate surface area is 165 Å². The first kappa shape index (κ1) is 19.9. The number of nitrogens with zero attached hydrogens (tertiary/aromatic N) is 2. The highest BCUT2D eigenvalue weighted by atomic mass is 16.7. The van der Waals surface area contributed by atoms with Crippen LogP contribution in [-0.2, 0) is 14.3 Å². The van der Waals surface area contributed by atoms with E-state index in [0.29, 0.717) is 32.8 Å². The Morgan fingerprint density at radius 2 is 1.75 bits per heavy atom. The molecule has 1 aliphatic carbocycles. The molecule has 5 atom stereocenters. The van der Waals surface area contributed by atoms with Crippen molar-refractivity contribution in [2.75, 3.05) is 32.8 Å². The lowest BCUT2D eigenvalue weighted by Gasteiger charge is -2.46. The lowest BCUT2D eigenvalue weighted by molar-refractivity contribution is -0.185. The zero-order valence-corrected chi connectivity index (χ0v) is 16.5. The predicted molar refractivity (Wildman–Crippen MR) is 101 cm³/mol. The molecule has 3 heterocycles. The fourth-order valence-electron chi connectivity index (χ4n) is 4.93. The van der Waals surface area contributed by atoms with Gasteiger partial charge in [-0.1, -0.05) is 19.3 Å². The molecule has 1 saturated carbocycles. The molecule has 3 aliphatic heterocycles. The molecular formula is C19H32N4O5. The second-order valence-corrected chi connectivity index (χ2v) is 8.38. The van der Waals surface area contributed by atoms with Crippen LogP contribution in [0, 0.1) is 0 Å². The maximum absolute atomic E-state index is 12.5. The fourth-order valence-corrected chi connectivity index (χ4v) is 4.93. The van der Waals surface area contributed by atoms with Gasteiger partial charge < -0.3 is 30.1 Å². The van der Waals surface area contributed by atoms with Gasteiger partial charge in [-0.25, -0.2) is 4.79 Å². The summed E-state index contributed by atoms with van der Waals surface area (Å²) in [5.74, 6) is 0.0659. The topological polar surface area (TPSA) is 103 Å². The van der Waals surface area contributed by atoms with Crippen LogP contribution in [-0.4, -0.2) is 96.3 Å². The summed E-state index contributed by atoms with van der Waals surface area (Å²) in [5.41, 5.74) is 0. The quantitative estimate of drug-likeness (QED) is 0.602. The van der Waals surface area contributed by atoms with Gasteiger partial charge in [-0.3, -0.25) is 9.69 Å². The monoisotopic (exact) mass is 396 g/mol. The number of piperazine rings is 1. The number of aliphatic hydroxyl groups is 1. The number of urea groups is 1. The second kappa shape index (κ2) is 8.52. The van der Waals surface area contributed by atoms with Crippen LogP contribution in [0.4, 0.5) is 4.79 Å². The summed E-state index contributed by atoms with van der Waals surface area (Å²) < 4.78 is 11.7. The van der Waals surface area contributed by atoms with E-state index in [-0.39, 0.29) is 30.1 Å². The van der Waals surface area contributed by atoms with Gasteiger partial charge in [0.15, 0.2) is 6.29 Å². The van der Waals surface area contributed by atoms with Crippen molar-refractivity contribution in [2.24, 2.45) is 0 Å². The number of rotatable bonds is 3. The smallest absolute Gasteiger partial charge is 0.315 e. The molecule has 158 valence electrons. The predicted octanol–water partition coefficient (Wildman–Crippen LogP) is -0.364. The van der Waals surface area contributed by atoms with Crippen LogP contribution < -0.4 is 10.6 Å². The number of nitrogens with one attached hydrogen (secondary N) is 2. The molecule has 0 spiro atoms. The first-order valence-corrected chi connectivity index (χ1v) is 10.5. The normalized spacial score (nSPS) is 36.9. The standard InChI is InChI=1S/C19H32N4O5/c1-12(24)22-7-9-23(10-8-22)16-17(25)15(14-11-27-18(16)28-14)21-19(26)20-13-5-3-2-4-6-13/h13-18,25H,2-11H2,1H3,(H2,20,21,26)/t14-,15-,16-,17+,18-/m1/s1. The Balaban J connectivity index is 1.37. The highest BCUT2D eigenvalue weighted by Crippen LogP contribution is 2.32. The molecule has 4 aliphatic rings. The Bertz CT molecular complexity index is 577. The average molecular weight is 396 g/mol. The van der Waals surface area contributed by atoms with E-state index in [1.165, 1.54) is 6.42 Å². The molecule has 0 unspecified atom stereocenters. The molecule has 4 fully saturated rings. The third-order valence-corrected chi connectivity index (χ3v) is 6.55. The highest BCUT2D eigenvalue weighted by Gasteiger charge is 2.53. The van der Waals surface area contributed by atoms with Crippen LogP contribution in [0.3, 0.4) is 0 Å². The molecule has 3 saturated heterocycles. The second-order valence-electron chi connectivity index (χ2n) is 8.38. The van der Waals surface area contributed by atoms with Crippen molar-refractivity contribution in [3.63, 3.8) is 0 Å². The van der Waals surface area contributed by atoms with Crippen molar-refractivity contribution in [3.8, 4) is 0 Å². The van der Waals surface area contributed by atoms with E-state index in [9.17, 15) is 14.7 Å². The number of amides is 3. The zero-order chi connectivity index (χ0) is 19.7. The van der Waals surface area contributed by atoms with Crippen LogP contribution in [0.2, 0.25) is 0 Å². The van der Waals surface area contributed by atoms with Gasteiger partial charge in [-0.15, -0.1) is 0 Å². The van der Waals surface area contributed by atoms with Gasteiger partial charge in [0.25, 0.3) is 0 Å². The Morgan fingerprint density at radius 1 is 1.04 bits per heavy atom. The van der Waals surface area contributed by atoms with E-state index in [2.05, 4.69) is 15.5 Å². The zero-order valence-electron chi connectivity index (χ0n) is 16.5. The van der Waals surface area contributed by atoms with E-state index in [1.807, 2.05) is 0 Å². The minimum atomic E-state index is -0.785. The van der Waals surface area contributed by atoms with Crippen molar-refractivity contribution < 1.29 is 24.2 Å². The van der Waals surface area contributed by atoms with Gasteiger partial charge in [-0.05, 0) is 12.8 Å². The Kier molecular flexibility index (Phi) is 6.05. The largest absolute Gasteiger partial charge is 0.389 e. The first-order valence-electron chi connectivity index (χ1n) is 10.5. The highest BCUT2D eigenvalue weighted by molar-refractivity contribution is 5.75. The SMILES string of the molecule is CC(=O)N1CCN([C@H]2[C@@H]3OC[C@@H](O3)[C@@H](NC(=O)NC3CCCCC3)[C@@H]2O)CC1. The van der Waals surface area contributed by atoms with Crippen molar-refractivity contribution in [3.05, 3.63) is 0 Å². The number of carbonyl (C=O) groups is 2. The lowest BCUT2D eigenvalue weighted by Crippen LogP contribution is -2.68. The fraction of sp³-hybridized carbons (Fsp3) is 0.895.